The van der Waals surface area contributed by atoms with Gasteiger partial charge in [-0.1, -0.05) is 37.3 Å². The molecule has 4 nitrogen and oxygen atoms in total. The van der Waals surface area contributed by atoms with Gasteiger partial charge in [0.15, 0.2) is 0 Å². The number of aliphatic carboxylic acids is 1. The highest BCUT2D eigenvalue weighted by atomic mass is 19.4. The molecule has 7 heteroatoms. The van der Waals surface area contributed by atoms with E-state index in [-0.39, 0.29) is 5.60 Å². The summed E-state index contributed by atoms with van der Waals surface area (Å²) in [6.07, 6.45) is -0.109. The van der Waals surface area contributed by atoms with Crippen LogP contribution < -0.4 is 0 Å². The largest absolute Gasteiger partial charge is 0.490 e. The Morgan fingerprint density at radius 3 is 2.54 bits per heavy atom. The van der Waals surface area contributed by atoms with Gasteiger partial charge in [-0.3, -0.25) is 0 Å². The van der Waals surface area contributed by atoms with Crippen molar-refractivity contribution in [2.75, 3.05) is 26.2 Å². The molecule has 2 fully saturated rings. The van der Waals surface area contributed by atoms with Gasteiger partial charge >= 0.3 is 12.1 Å². The number of carboxylic acid groups (broad SMARTS) is 1. The highest BCUT2D eigenvalue weighted by Crippen LogP contribution is 2.37. The lowest BCUT2D eigenvalue weighted by atomic mass is 9.87. The van der Waals surface area contributed by atoms with Crippen molar-refractivity contribution in [3.63, 3.8) is 0 Å². The second-order valence-electron chi connectivity index (χ2n) is 7.22. The maximum absolute atomic E-state index is 10.6. The molecule has 2 unspecified atom stereocenters. The Labute approximate surface area is 151 Å². The van der Waals surface area contributed by atoms with Gasteiger partial charge in [-0.05, 0) is 43.7 Å². The first-order valence-electron chi connectivity index (χ1n) is 8.90. The van der Waals surface area contributed by atoms with Crippen molar-refractivity contribution in [3.05, 3.63) is 35.9 Å². The quantitative estimate of drug-likeness (QED) is 0.877. The zero-order valence-electron chi connectivity index (χ0n) is 15.0. The Morgan fingerprint density at radius 1 is 1.35 bits per heavy atom. The van der Waals surface area contributed by atoms with E-state index in [0.717, 1.165) is 25.5 Å². The Morgan fingerprint density at radius 2 is 2.00 bits per heavy atom. The zero-order chi connectivity index (χ0) is 19.2. The van der Waals surface area contributed by atoms with Crippen LogP contribution in [0.25, 0.3) is 0 Å². The van der Waals surface area contributed by atoms with Crippen LogP contribution in [-0.4, -0.2) is 54.0 Å². The lowest BCUT2D eigenvalue weighted by molar-refractivity contribution is -0.192. The summed E-state index contributed by atoms with van der Waals surface area (Å²) in [5.41, 5.74) is 1.64. The minimum atomic E-state index is -5.08. The number of hydrogen-bond acceptors (Lipinski definition) is 3. The standard InChI is InChI=1S/C17H25NO.C2HF3O2/c1-15-12-17(19-13-15)9-5-10-18(14-17)11-8-16-6-3-2-4-7-16;3-2(4,5)1(6)7/h2-4,6-7,15H,5,8-14H2,1H3;(H,6,7). The summed E-state index contributed by atoms with van der Waals surface area (Å²) in [7, 11) is 0. The van der Waals surface area contributed by atoms with E-state index in [0.29, 0.717) is 0 Å². The molecule has 1 spiro atoms. The Hall–Kier alpha value is -1.60. The van der Waals surface area contributed by atoms with Crippen molar-refractivity contribution in [1.29, 1.82) is 0 Å². The van der Waals surface area contributed by atoms with E-state index in [1.807, 2.05) is 0 Å². The molecule has 2 saturated heterocycles. The van der Waals surface area contributed by atoms with Crippen LogP contribution in [0.3, 0.4) is 0 Å². The third-order valence-corrected chi connectivity index (χ3v) is 4.82. The summed E-state index contributed by atoms with van der Waals surface area (Å²) >= 11 is 0. The second kappa shape index (κ2) is 8.86. The van der Waals surface area contributed by atoms with Gasteiger partial charge in [0.05, 0.1) is 12.2 Å². The molecule has 1 N–H and O–H groups in total. The number of likely N-dealkylation sites (tertiary alicyclic amines) is 1. The number of carboxylic acids is 1. The Bertz CT molecular complexity index is 575. The van der Waals surface area contributed by atoms with Crippen LogP contribution in [0.15, 0.2) is 30.3 Å². The number of hydrogen-bond donors (Lipinski definition) is 1. The molecule has 26 heavy (non-hydrogen) atoms. The van der Waals surface area contributed by atoms with Gasteiger partial charge in [-0.2, -0.15) is 13.2 Å². The van der Waals surface area contributed by atoms with Crippen molar-refractivity contribution in [2.45, 2.75) is 44.4 Å². The smallest absolute Gasteiger partial charge is 0.475 e. The summed E-state index contributed by atoms with van der Waals surface area (Å²) in [4.78, 5) is 11.5. The number of nitrogens with zero attached hydrogens (tertiary/aromatic N) is 1. The molecule has 2 heterocycles. The normalized spacial score (nSPS) is 26.4. The van der Waals surface area contributed by atoms with Crippen molar-refractivity contribution in [1.82, 2.24) is 4.90 Å². The molecule has 1 aromatic rings. The maximum Gasteiger partial charge on any atom is 0.490 e. The Balaban J connectivity index is 0.000000298. The molecule has 0 aromatic heterocycles. The van der Waals surface area contributed by atoms with Crippen LogP contribution in [0.4, 0.5) is 13.2 Å². The molecule has 3 rings (SSSR count). The van der Waals surface area contributed by atoms with Crippen molar-refractivity contribution < 1.29 is 27.8 Å². The average molecular weight is 373 g/mol. The number of halogens is 3. The fraction of sp³-hybridized carbons (Fsp3) is 0.632. The molecule has 0 radical (unpaired) electrons. The summed E-state index contributed by atoms with van der Waals surface area (Å²) in [5, 5.41) is 7.12. The SMILES string of the molecule is CC1COC2(CCCN(CCc3ccccc3)C2)C1.O=C(O)C(F)(F)F. The number of carbonyl (C=O) groups is 1. The molecule has 1 aromatic carbocycles. The maximum atomic E-state index is 10.6. The highest BCUT2D eigenvalue weighted by Gasteiger charge is 2.41. The van der Waals surface area contributed by atoms with E-state index >= 15 is 0 Å². The molecule has 0 bridgehead atoms. The molecular weight excluding hydrogens is 347 g/mol. The number of ether oxygens (including phenoxy) is 1. The minimum absolute atomic E-state index is 0.189. The van der Waals surface area contributed by atoms with Gasteiger partial charge in [0.25, 0.3) is 0 Å². The lowest BCUT2D eigenvalue weighted by Gasteiger charge is -2.39. The third-order valence-electron chi connectivity index (χ3n) is 4.82. The van der Waals surface area contributed by atoms with Crippen LogP contribution in [0.2, 0.25) is 0 Å². The Kier molecular flexibility index (Phi) is 7.06. The van der Waals surface area contributed by atoms with Crippen LogP contribution in [0.5, 0.6) is 0 Å². The summed E-state index contributed by atoms with van der Waals surface area (Å²) in [6.45, 7) is 6.84. The van der Waals surface area contributed by atoms with Gasteiger partial charge in [0.1, 0.15) is 0 Å². The van der Waals surface area contributed by atoms with Gasteiger partial charge in [-0.25, -0.2) is 4.79 Å². The van der Waals surface area contributed by atoms with Gasteiger partial charge in [0, 0.05) is 13.1 Å². The first-order chi connectivity index (χ1) is 12.2. The van der Waals surface area contributed by atoms with Crippen LogP contribution in [-0.2, 0) is 16.0 Å². The van der Waals surface area contributed by atoms with Crippen molar-refractivity contribution in [2.24, 2.45) is 5.92 Å². The summed E-state index contributed by atoms with van der Waals surface area (Å²) in [5.74, 6) is -2.01. The monoisotopic (exact) mass is 373 g/mol. The molecule has 0 amide bonds. The van der Waals surface area contributed by atoms with E-state index in [9.17, 15) is 13.2 Å². The van der Waals surface area contributed by atoms with Gasteiger partial charge in [-0.15, -0.1) is 0 Å². The van der Waals surface area contributed by atoms with Crippen LogP contribution >= 0.6 is 0 Å². The molecule has 0 aliphatic carbocycles. The molecule has 2 aliphatic rings. The first kappa shape index (κ1) is 20.7. The van der Waals surface area contributed by atoms with Gasteiger partial charge < -0.3 is 14.7 Å². The molecule has 2 atom stereocenters. The predicted octanol–water partition coefficient (Wildman–Crippen LogP) is 3.75. The first-order valence-corrected chi connectivity index (χ1v) is 8.90. The van der Waals surface area contributed by atoms with Gasteiger partial charge in [0.2, 0.25) is 0 Å². The molecule has 2 aliphatic heterocycles. The summed E-state index contributed by atoms with van der Waals surface area (Å²) < 4.78 is 37.9. The molecule has 0 saturated carbocycles. The molecular formula is C19H26F3NO3. The van der Waals surface area contributed by atoms with E-state index in [4.69, 9.17) is 14.6 Å². The number of benzene rings is 1. The zero-order valence-corrected chi connectivity index (χ0v) is 15.0. The van der Waals surface area contributed by atoms with Crippen LogP contribution in [0, 0.1) is 5.92 Å². The van der Waals surface area contributed by atoms with Crippen molar-refractivity contribution >= 4 is 5.97 Å². The number of piperidine rings is 1. The fourth-order valence-electron chi connectivity index (χ4n) is 3.67. The summed E-state index contributed by atoms with van der Waals surface area (Å²) in [6, 6.07) is 10.8. The van der Waals surface area contributed by atoms with E-state index in [1.165, 1.54) is 37.9 Å². The van der Waals surface area contributed by atoms with E-state index in [2.05, 4.69) is 42.2 Å². The number of alkyl halides is 3. The second-order valence-corrected chi connectivity index (χ2v) is 7.22. The lowest BCUT2D eigenvalue weighted by Crippen LogP contribution is -2.48. The topological polar surface area (TPSA) is 49.8 Å². The van der Waals surface area contributed by atoms with E-state index in [1.54, 1.807) is 0 Å². The van der Waals surface area contributed by atoms with Crippen LogP contribution in [0.1, 0.15) is 31.7 Å². The minimum Gasteiger partial charge on any atom is -0.475 e. The molecule has 146 valence electrons. The van der Waals surface area contributed by atoms with E-state index < -0.39 is 12.1 Å². The van der Waals surface area contributed by atoms with Crippen molar-refractivity contribution in [3.8, 4) is 0 Å². The highest BCUT2D eigenvalue weighted by molar-refractivity contribution is 5.73. The average Bonchev–Trinajstić information content (AvgIpc) is 2.94. The third kappa shape index (κ3) is 6.29. The predicted molar refractivity (Wildman–Crippen MR) is 92.0 cm³/mol. The number of rotatable bonds is 3. The fourth-order valence-corrected chi connectivity index (χ4v) is 3.67.